The van der Waals surface area contributed by atoms with Crippen LogP contribution in [0.3, 0.4) is 0 Å². The van der Waals surface area contributed by atoms with Gasteiger partial charge >= 0.3 is 132 Å². The molecule has 0 aliphatic carbocycles. The van der Waals surface area contributed by atoms with Crippen LogP contribution in [0.5, 0.6) is 0 Å². The first-order chi connectivity index (χ1) is 10.7. The number of hydrogen-bond acceptors (Lipinski definition) is 3. The van der Waals surface area contributed by atoms with Crippen LogP contribution < -0.4 is 11.0 Å². The Kier molecular flexibility index (Phi) is 4.06. The fourth-order valence-electron chi connectivity index (χ4n) is 2.07. The molecule has 0 saturated heterocycles. The molecular weight excluding hydrogens is 347 g/mol. The molecule has 110 valence electrons. The van der Waals surface area contributed by atoms with Gasteiger partial charge in [-0.2, -0.15) is 0 Å². The van der Waals surface area contributed by atoms with Crippen molar-refractivity contribution < 1.29 is 10.0 Å². The van der Waals surface area contributed by atoms with Crippen molar-refractivity contribution in [3.63, 3.8) is 0 Å². The van der Waals surface area contributed by atoms with E-state index < -0.39 is 5.91 Å². The van der Waals surface area contributed by atoms with Crippen LogP contribution in [0.4, 0.5) is 0 Å². The Morgan fingerprint density at radius 3 is 2.55 bits per heavy atom. The van der Waals surface area contributed by atoms with Crippen molar-refractivity contribution in [1.29, 1.82) is 0 Å². The van der Waals surface area contributed by atoms with E-state index in [-0.39, 0.29) is 20.3 Å². The summed E-state index contributed by atoms with van der Waals surface area (Å²) < 4.78 is 2.87. The molecule has 0 aliphatic rings. The summed E-state index contributed by atoms with van der Waals surface area (Å²) in [6, 6.07) is 15.0. The van der Waals surface area contributed by atoms with E-state index in [1.165, 1.54) is 11.6 Å². The van der Waals surface area contributed by atoms with Gasteiger partial charge in [0.1, 0.15) is 0 Å². The van der Waals surface area contributed by atoms with Gasteiger partial charge in [-0.1, -0.05) is 0 Å². The molecule has 22 heavy (non-hydrogen) atoms. The summed E-state index contributed by atoms with van der Waals surface area (Å²) in [4.78, 5) is 23.3. The molecule has 1 aromatic heterocycles. The summed E-state index contributed by atoms with van der Waals surface area (Å²) in [5.41, 5.74) is 3.20. The first kappa shape index (κ1) is 14.5. The van der Waals surface area contributed by atoms with Gasteiger partial charge in [0.15, 0.2) is 0 Å². The van der Waals surface area contributed by atoms with Crippen molar-refractivity contribution in [3.05, 3.63) is 70.5 Å². The molecule has 0 aliphatic heterocycles. The third-order valence-corrected chi connectivity index (χ3v) is 5.49. The van der Waals surface area contributed by atoms with E-state index in [2.05, 4.69) is 0 Å². The zero-order chi connectivity index (χ0) is 15.5. The summed E-state index contributed by atoms with van der Waals surface area (Å²) in [5.74, 6) is -0.586. The summed E-state index contributed by atoms with van der Waals surface area (Å²) in [6.45, 7) is 0. The van der Waals surface area contributed by atoms with Gasteiger partial charge in [0.2, 0.25) is 0 Å². The Hall–Kier alpha value is -2.40. The zero-order valence-electron chi connectivity index (χ0n) is 11.4. The average Bonchev–Trinajstić information content (AvgIpc) is 2.90. The fraction of sp³-hybridized carbons (Fsp3) is 0. The maximum atomic E-state index is 12.4. The van der Waals surface area contributed by atoms with E-state index >= 15 is 0 Å². The molecule has 0 unspecified atom stereocenters. The molecule has 0 radical (unpaired) electrons. The van der Waals surface area contributed by atoms with E-state index in [0.717, 1.165) is 20.9 Å². The quantitative estimate of drug-likeness (QED) is 0.323. The number of benzene rings is 2. The van der Waals surface area contributed by atoms with E-state index in [4.69, 9.17) is 5.21 Å². The average molecular weight is 359 g/mol. The van der Waals surface area contributed by atoms with Crippen LogP contribution in [0.15, 0.2) is 59.4 Å². The number of hydrogen-bond donors (Lipinski definition) is 2. The number of hydroxylamine groups is 1. The van der Waals surface area contributed by atoms with Crippen LogP contribution in [0, 0.1) is 0 Å². The summed E-state index contributed by atoms with van der Waals surface area (Å²) in [5, 5.41) is 9.19. The second kappa shape index (κ2) is 6.15. The van der Waals surface area contributed by atoms with Crippen LogP contribution in [-0.2, 0) is 4.79 Å². The van der Waals surface area contributed by atoms with Gasteiger partial charge < -0.3 is 0 Å². The van der Waals surface area contributed by atoms with Crippen molar-refractivity contribution in [3.8, 4) is 5.69 Å². The SMILES string of the molecule is O=C(/C=C/c1ccc(-n2[se]c3ccccc3c2=O)cc1)NO. The second-order valence-corrected chi connectivity index (χ2v) is 6.66. The predicted molar refractivity (Wildman–Crippen MR) is 85.4 cm³/mol. The zero-order valence-corrected chi connectivity index (χ0v) is 13.1. The number of carbonyl (C=O) groups excluding carboxylic acids is 1. The number of amides is 1. The summed E-state index contributed by atoms with van der Waals surface area (Å²) in [6.07, 6.45) is 2.82. The van der Waals surface area contributed by atoms with Gasteiger partial charge in [-0.05, 0) is 0 Å². The molecule has 0 spiro atoms. The van der Waals surface area contributed by atoms with E-state index in [0.29, 0.717) is 0 Å². The normalized spacial score (nSPS) is 11.1. The Morgan fingerprint density at radius 1 is 1.14 bits per heavy atom. The first-order valence-electron chi connectivity index (χ1n) is 6.53. The third-order valence-electron chi connectivity index (χ3n) is 3.16. The van der Waals surface area contributed by atoms with E-state index in [1.807, 2.05) is 48.5 Å². The first-order valence-corrected chi connectivity index (χ1v) is 8.15. The van der Waals surface area contributed by atoms with Gasteiger partial charge in [0, 0.05) is 0 Å². The van der Waals surface area contributed by atoms with Crippen molar-refractivity contribution in [1.82, 2.24) is 9.04 Å². The van der Waals surface area contributed by atoms with Crippen LogP contribution in [0.25, 0.3) is 21.4 Å². The number of nitrogens with zero attached hydrogens (tertiary/aromatic N) is 1. The molecule has 2 aromatic carbocycles. The standard InChI is InChI=1S/C16H12N2O3Se/c19-15(17-21)10-7-11-5-8-12(9-6-11)18-16(20)13-3-1-2-4-14(13)22-18/h1-10,21H,(H,17,19)/b10-7+. The van der Waals surface area contributed by atoms with Crippen LogP contribution >= 0.6 is 0 Å². The predicted octanol–water partition coefficient (Wildman–Crippen LogP) is 1.57. The monoisotopic (exact) mass is 360 g/mol. The Labute approximate surface area is 132 Å². The number of aromatic nitrogens is 1. The van der Waals surface area contributed by atoms with Crippen molar-refractivity contribution in [2.75, 3.05) is 0 Å². The molecule has 0 fully saturated rings. The maximum absolute atomic E-state index is 12.4. The van der Waals surface area contributed by atoms with E-state index in [9.17, 15) is 9.59 Å². The molecular formula is C16H12N2O3Se. The molecule has 6 heteroatoms. The number of fused-ring (bicyclic) bond motifs is 1. The number of nitrogens with one attached hydrogen (secondary N) is 1. The number of rotatable bonds is 3. The van der Waals surface area contributed by atoms with Crippen molar-refractivity contribution in [2.24, 2.45) is 0 Å². The van der Waals surface area contributed by atoms with Crippen LogP contribution in [-0.4, -0.2) is 29.4 Å². The van der Waals surface area contributed by atoms with Crippen LogP contribution in [0.2, 0.25) is 0 Å². The number of carbonyl (C=O) groups is 1. The molecule has 3 rings (SSSR count). The summed E-state index contributed by atoms with van der Waals surface area (Å²) >= 11 is -0.0538. The minimum absolute atomic E-state index is 0.0264. The fourth-order valence-corrected chi connectivity index (χ4v) is 4.17. The molecule has 0 bridgehead atoms. The molecule has 3 aromatic rings. The van der Waals surface area contributed by atoms with Gasteiger partial charge in [0.25, 0.3) is 0 Å². The molecule has 0 saturated carbocycles. The second-order valence-electron chi connectivity index (χ2n) is 4.59. The van der Waals surface area contributed by atoms with Crippen molar-refractivity contribution >= 4 is 36.4 Å². The van der Waals surface area contributed by atoms with E-state index in [1.54, 1.807) is 9.64 Å². The molecule has 1 heterocycles. The molecule has 5 nitrogen and oxygen atoms in total. The molecule has 0 atom stereocenters. The minimum atomic E-state index is -0.586. The van der Waals surface area contributed by atoms with Crippen molar-refractivity contribution in [2.45, 2.75) is 0 Å². The third kappa shape index (κ3) is 2.80. The Balaban J connectivity index is 1.95. The Bertz CT molecular complexity index is 907. The molecule has 1 amide bonds. The van der Waals surface area contributed by atoms with Gasteiger partial charge in [0.05, 0.1) is 0 Å². The van der Waals surface area contributed by atoms with Gasteiger partial charge in [-0.25, -0.2) is 0 Å². The van der Waals surface area contributed by atoms with Crippen LogP contribution in [0.1, 0.15) is 5.56 Å². The topological polar surface area (TPSA) is 71.3 Å². The van der Waals surface area contributed by atoms with Gasteiger partial charge in [-0.15, -0.1) is 0 Å². The van der Waals surface area contributed by atoms with Gasteiger partial charge in [-0.3, -0.25) is 0 Å². The Morgan fingerprint density at radius 2 is 1.86 bits per heavy atom. The summed E-state index contributed by atoms with van der Waals surface area (Å²) in [7, 11) is 0. The molecule has 2 N–H and O–H groups in total.